The maximum absolute atomic E-state index is 14.0. The van der Waals surface area contributed by atoms with Crippen LogP contribution in [-0.4, -0.2) is 122 Å². The topological polar surface area (TPSA) is 357 Å². The van der Waals surface area contributed by atoms with Crippen LogP contribution < -0.4 is 43.4 Å². The zero-order chi connectivity index (χ0) is 48.7. The van der Waals surface area contributed by atoms with Gasteiger partial charge in [-0.05, 0) is 72.7 Å². The normalized spacial score (nSPS) is 14.3. The standard InChI is InChI=1S/C45H57N9O12/c1-23(2)16-33(52-43(63)36(20-37(47)58)51-40(60)31(46)17-25-8-12-28(56)13-9-25)42(62)53-34(18-26-10-14-29(57)15-11-26)41(61)49-22-38(59)50-35(44(64)54-39(24(3)55)45(65)66)19-27-21-48-32-7-5-4-6-30(27)32/h4-15,21,23-24,31,33-36,39,48,55-57H,16-20,22,46H2,1-3H3,(H2,47,58)(H,49,61)(H,50,59)(H,51,60)(H,52,63)(H,53,62)(H,54,64)(H,65,66)/t24-,31+,33+,34+,35+,36+,39+/m1/s1. The highest BCUT2D eigenvalue weighted by Gasteiger charge is 2.33. The number of H-pyrrole nitrogens is 1. The van der Waals surface area contributed by atoms with E-state index in [1.165, 1.54) is 43.3 Å². The lowest BCUT2D eigenvalue weighted by Crippen LogP contribution is -2.59. The predicted molar refractivity (Wildman–Crippen MR) is 239 cm³/mol. The number of carbonyl (C=O) groups excluding carboxylic acids is 7. The minimum Gasteiger partial charge on any atom is -0.508 e. The molecule has 0 spiro atoms. The van der Waals surface area contributed by atoms with Crippen LogP contribution in [0, 0.1) is 5.92 Å². The van der Waals surface area contributed by atoms with Crippen molar-refractivity contribution in [1.29, 1.82) is 0 Å². The second-order valence-electron chi connectivity index (χ2n) is 16.3. The molecule has 0 saturated carbocycles. The molecule has 7 atom stereocenters. The number of nitrogens with two attached hydrogens (primary N) is 2. The molecule has 4 aromatic rings. The summed E-state index contributed by atoms with van der Waals surface area (Å²) in [5.74, 6) is -8.05. The minimum absolute atomic E-state index is 0.00432. The van der Waals surface area contributed by atoms with Crippen LogP contribution in [0.3, 0.4) is 0 Å². The van der Waals surface area contributed by atoms with Crippen LogP contribution in [0.15, 0.2) is 79.0 Å². The number of aromatic amines is 1. The Balaban J connectivity index is 1.51. The molecule has 1 heterocycles. The van der Waals surface area contributed by atoms with E-state index >= 15 is 0 Å². The fourth-order valence-corrected chi connectivity index (χ4v) is 6.90. The van der Waals surface area contributed by atoms with Crippen LogP contribution in [0.25, 0.3) is 10.9 Å². The summed E-state index contributed by atoms with van der Waals surface area (Å²) in [6.45, 7) is 3.96. The number of para-hydroxylation sites is 1. The van der Waals surface area contributed by atoms with E-state index in [4.69, 9.17) is 11.5 Å². The van der Waals surface area contributed by atoms with E-state index in [-0.39, 0.29) is 43.1 Å². The monoisotopic (exact) mass is 915 g/mol. The number of benzene rings is 3. The molecule has 66 heavy (non-hydrogen) atoms. The van der Waals surface area contributed by atoms with Crippen molar-refractivity contribution in [2.75, 3.05) is 6.54 Å². The number of rotatable bonds is 24. The van der Waals surface area contributed by atoms with E-state index in [2.05, 4.69) is 36.9 Å². The number of hydrogen-bond donors (Lipinski definition) is 13. The van der Waals surface area contributed by atoms with Crippen molar-refractivity contribution in [2.45, 2.75) is 95.2 Å². The smallest absolute Gasteiger partial charge is 0.328 e. The lowest BCUT2D eigenvalue weighted by Gasteiger charge is -2.26. The van der Waals surface area contributed by atoms with Crippen molar-refractivity contribution in [1.82, 2.24) is 36.9 Å². The summed E-state index contributed by atoms with van der Waals surface area (Å²) >= 11 is 0. The van der Waals surface area contributed by atoms with E-state index in [0.717, 1.165) is 10.9 Å². The van der Waals surface area contributed by atoms with Crippen molar-refractivity contribution in [3.63, 3.8) is 0 Å². The Morgan fingerprint density at radius 3 is 1.74 bits per heavy atom. The molecule has 21 heteroatoms. The minimum atomic E-state index is -1.71. The molecule has 0 saturated heterocycles. The molecule has 0 aliphatic rings. The molecule has 21 nitrogen and oxygen atoms in total. The number of phenols is 2. The van der Waals surface area contributed by atoms with E-state index in [1.807, 2.05) is 0 Å². The summed E-state index contributed by atoms with van der Waals surface area (Å²) in [5.41, 5.74) is 13.9. The number of carboxylic acids is 1. The molecular formula is C45H57N9O12. The number of nitrogens with one attached hydrogen (secondary N) is 7. The number of carbonyl (C=O) groups is 8. The molecule has 0 fully saturated rings. The molecule has 0 unspecified atom stereocenters. The van der Waals surface area contributed by atoms with Gasteiger partial charge in [-0.25, -0.2) is 4.79 Å². The Morgan fingerprint density at radius 1 is 0.636 bits per heavy atom. The average molecular weight is 916 g/mol. The van der Waals surface area contributed by atoms with Crippen LogP contribution in [0.5, 0.6) is 11.5 Å². The first-order valence-corrected chi connectivity index (χ1v) is 21.0. The molecule has 354 valence electrons. The van der Waals surface area contributed by atoms with Gasteiger partial charge < -0.3 is 68.8 Å². The molecule has 1 aromatic heterocycles. The Morgan fingerprint density at radius 2 is 1.17 bits per heavy atom. The van der Waals surface area contributed by atoms with Gasteiger partial charge in [-0.15, -0.1) is 0 Å². The number of aromatic nitrogens is 1. The molecule has 0 radical (unpaired) electrons. The highest BCUT2D eigenvalue weighted by atomic mass is 16.4. The number of amides is 7. The number of phenolic OH excluding ortho intramolecular Hbond substituents is 2. The second kappa shape index (κ2) is 24.0. The summed E-state index contributed by atoms with van der Waals surface area (Å²) in [6, 6.07) is 10.2. The van der Waals surface area contributed by atoms with Crippen LogP contribution >= 0.6 is 0 Å². The lowest BCUT2D eigenvalue weighted by molar-refractivity contribution is -0.145. The van der Waals surface area contributed by atoms with Crippen molar-refractivity contribution in [3.05, 3.63) is 95.7 Å². The Bertz CT molecular complexity index is 2350. The van der Waals surface area contributed by atoms with Gasteiger partial charge in [0.05, 0.1) is 25.1 Å². The van der Waals surface area contributed by atoms with Crippen LogP contribution in [0.4, 0.5) is 0 Å². The lowest BCUT2D eigenvalue weighted by atomic mass is 10.00. The first-order valence-electron chi connectivity index (χ1n) is 21.0. The number of aliphatic hydroxyl groups excluding tert-OH is 1. The van der Waals surface area contributed by atoms with Gasteiger partial charge in [0.25, 0.3) is 0 Å². The quantitative estimate of drug-likeness (QED) is 0.0396. The fourth-order valence-electron chi connectivity index (χ4n) is 6.90. The largest absolute Gasteiger partial charge is 0.508 e. The van der Waals surface area contributed by atoms with Crippen molar-refractivity contribution < 1.29 is 58.8 Å². The van der Waals surface area contributed by atoms with Gasteiger partial charge in [-0.2, -0.15) is 0 Å². The number of fused-ring (bicyclic) bond motifs is 1. The molecule has 0 bridgehead atoms. The van der Waals surface area contributed by atoms with Gasteiger partial charge in [-0.1, -0.05) is 56.3 Å². The summed E-state index contributed by atoms with van der Waals surface area (Å²) in [4.78, 5) is 108. The number of aliphatic carboxylic acids is 1. The maximum Gasteiger partial charge on any atom is 0.328 e. The Hall–Kier alpha value is -7.52. The molecule has 7 amide bonds. The second-order valence-corrected chi connectivity index (χ2v) is 16.3. The van der Waals surface area contributed by atoms with E-state index in [9.17, 15) is 58.8 Å². The van der Waals surface area contributed by atoms with Crippen LogP contribution in [-0.2, 0) is 57.6 Å². The zero-order valence-corrected chi connectivity index (χ0v) is 36.6. The predicted octanol–water partition coefficient (Wildman–Crippen LogP) is -1.14. The highest BCUT2D eigenvalue weighted by Crippen LogP contribution is 2.20. The molecule has 4 rings (SSSR count). The van der Waals surface area contributed by atoms with Crippen LogP contribution in [0.1, 0.15) is 50.3 Å². The SMILES string of the molecule is CC(C)C[C@H](NC(=O)[C@H](CC(N)=O)NC(=O)[C@@H](N)Cc1ccc(O)cc1)C(=O)N[C@@H](Cc1ccc(O)cc1)C(=O)NCC(=O)N[C@@H](Cc1c[nH]c2ccccc12)C(=O)N[C@H](C(=O)O)[C@@H](C)O. The summed E-state index contributed by atoms with van der Waals surface area (Å²) in [6.07, 6.45) is -0.794. The van der Waals surface area contributed by atoms with Gasteiger partial charge in [0, 0.05) is 29.9 Å². The van der Waals surface area contributed by atoms with Crippen LogP contribution in [0.2, 0.25) is 0 Å². The van der Waals surface area contributed by atoms with E-state index in [0.29, 0.717) is 16.7 Å². The average Bonchev–Trinajstić information content (AvgIpc) is 3.66. The third kappa shape index (κ3) is 15.6. The van der Waals surface area contributed by atoms with E-state index < -0.39 is 103 Å². The first kappa shape index (κ1) is 51.1. The Labute approximate surface area is 379 Å². The third-order valence-electron chi connectivity index (χ3n) is 10.3. The zero-order valence-electron chi connectivity index (χ0n) is 36.6. The van der Waals surface area contributed by atoms with Gasteiger partial charge in [0.1, 0.15) is 35.7 Å². The van der Waals surface area contributed by atoms with Crippen molar-refractivity contribution >= 4 is 58.2 Å². The van der Waals surface area contributed by atoms with Gasteiger partial charge >= 0.3 is 5.97 Å². The molecular weight excluding hydrogens is 859 g/mol. The van der Waals surface area contributed by atoms with Gasteiger partial charge in [0.2, 0.25) is 41.4 Å². The van der Waals surface area contributed by atoms with Gasteiger partial charge in [0.15, 0.2) is 6.04 Å². The van der Waals surface area contributed by atoms with Crippen molar-refractivity contribution in [3.8, 4) is 11.5 Å². The van der Waals surface area contributed by atoms with Gasteiger partial charge in [-0.3, -0.25) is 33.6 Å². The molecule has 0 aliphatic carbocycles. The first-order chi connectivity index (χ1) is 31.2. The number of primary amides is 1. The Kier molecular flexibility index (Phi) is 18.6. The summed E-state index contributed by atoms with van der Waals surface area (Å²) < 4.78 is 0. The molecule has 0 aliphatic heterocycles. The molecule has 15 N–H and O–H groups in total. The number of aromatic hydroxyl groups is 2. The molecule has 3 aromatic carbocycles. The number of aliphatic hydroxyl groups is 1. The fraction of sp³-hybridized carbons (Fsp3) is 0.378. The third-order valence-corrected chi connectivity index (χ3v) is 10.3. The van der Waals surface area contributed by atoms with E-state index in [1.54, 1.807) is 56.4 Å². The summed E-state index contributed by atoms with van der Waals surface area (Å²) in [7, 11) is 0. The number of hydrogen-bond acceptors (Lipinski definition) is 12. The highest BCUT2D eigenvalue weighted by molar-refractivity contribution is 5.98. The summed E-state index contributed by atoms with van der Waals surface area (Å²) in [5, 5.41) is 54.5. The van der Waals surface area contributed by atoms with Crippen molar-refractivity contribution in [2.24, 2.45) is 17.4 Å². The number of carboxylic acid groups (broad SMARTS) is 1. The maximum atomic E-state index is 14.0.